The summed E-state index contributed by atoms with van der Waals surface area (Å²) in [7, 11) is 1.45. The Morgan fingerprint density at radius 3 is 2.62 bits per heavy atom. The van der Waals surface area contributed by atoms with Gasteiger partial charge in [0.05, 0.1) is 36.0 Å². The van der Waals surface area contributed by atoms with Crippen LogP contribution in [0, 0.1) is 12.7 Å². The lowest BCUT2D eigenvalue weighted by Gasteiger charge is -2.36. The third-order valence-corrected chi connectivity index (χ3v) is 7.28. The van der Waals surface area contributed by atoms with Gasteiger partial charge in [0, 0.05) is 42.7 Å². The molecule has 11 heteroatoms. The van der Waals surface area contributed by atoms with Gasteiger partial charge >= 0.3 is 0 Å². The minimum Gasteiger partial charge on any atom is -0.481 e. The zero-order chi connectivity index (χ0) is 26.3. The van der Waals surface area contributed by atoms with Gasteiger partial charge in [-0.2, -0.15) is 0 Å². The van der Waals surface area contributed by atoms with E-state index in [0.717, 1.165) is 49.2 Å². The maximum atomic E-state index is 14.4. The summed E-state index contributed by atoms with van der Waals surface area (Å²) in [5.41, 5.74) is 2.06. The zero-order valence-electron chi connectivity index (χ0n) is 20.8. The number of hydrogen-bond donors (Lipinski definition) is 1. The predicted octanol–water partition coefficient (Wildman–Crippen LogP) is 4.46. The van der Waals surface area contributed by atoms with Gasteiger partial charge in [-0.15, -0.1) is 0 Å². The molecule has 1 N–H and O–H groups in total. The lowest BCUT2D eigenvalue weighted by Crippen LogP contribution is -2.46. The number of fused-ring (bicyclic) bond motifs is 1. The van der Waals surface area contributed by atoms with E-state index in [-0.39, 0.29) is 28.5 Å². The molecule has 0 radical (unpaired) electrons. The van der Waals surface area contributed by atoms with Gasteiger partial charge in [-0.25, -0.2) is 33.1 Å². The monoisotopic (exact) mass is 512 g/mol. The van der Waals surface area contributed by atoms with Crippen LogP contribution in [-0.2, 0) is 11.2 Å². The molecule has 194 valence electrons. The van der Waals surface area contributed by atoms with E-state index in [1.807, 2.05) is 13.0 Å². The molecule has 2 aliphatic rings. The Morgan fingerprint density at radius 1 is 1.16 bits per heavy atom. The fourth-order valence-electron chi connectivity index (χ4n) is 5.10. The van der Waals surface area contributed by atoms with E-state index in [9.17, 15) is 18.0 Å². The minimum atomic E-state index is -2.62. The highest BCUT2D eigenvalue weighted by Gasteiger charge is 2.43. The third kappa shape index (κ3) is 4.70. The number of nitrogens with zero attached hydrogens (tertiary/aromatic N) is 5. The largest absolute Gasteiger partial charge is 0.481 e. The predicted molar refractivity (Wildman–Crippen MR) is 130 cm³/mol. The summed E-state index contributed by atoms with van der Waals surface area (Å²) in [6.07, 6.45) is 2.98. The number of nitrogens with one attached hydrogen (secondary N) is 1. The molecule has 2 aliphatic heterocycles. The molecule has 1 spiro atoms. The van der Waals surface area contributed by atoms with Gasteiger partial charge in [0.25, 0.3) is 6.43 Å². The second-order valence-electron chi connectivity index (χ2n) is 9.65. The number of anilines is 1. The number of ether oxygens (including phenoxy) is 1. The van der Waals surface area contributed by atoms with Crippen LogP contribution in [0.3, 0.4) is 0 Å². The summed E-state index contributed by atoms with van der Waals surface area (Å²) in [5.74, 6) is -0.0184. The second-order valence-corrected chi connectivity index (χ2v) is 9.65. The van der Waals surface area contributed by atoms with Gasteiger partial charge in [0.1, 0.15) is 11.6 Å². The Labute approximate surface area is 212 Å². The van der Waals surface area contributed by atoms with E-state index < -0.39 is 18.2 Å². The third-order valence-electron chi connectivity index (χ3n) is 7.28. The maximum Gasteiger partial charge on any atom is 0.266 e. The number of rotatable bonds is 5. The minimum absolute atomic E-state index is 0.152. The number of pyridine rings is 2. The number of likely N-dealkylation sites (tertiary alicyclic amines) is 1. The molecular formula is C26H27F3N6O2. The molecule has 0 saturated carbocycles. The van der Waals surface area contributed by atoms with Gasteiger partial charge in [-0.05, 0) is 44.7 Å². The lowest BCUT2D eigenvalue weighted by atomic mass is 9.86. The molecule has 3 aromatic heterocycles. The van der Waals surface area contributed by atoms with Gasteiger partial charge in [-0.1, -0.05) is 0 Å². The Balaban J connectivity index is 1.32. The summed E-state index contributed by atoms with van der Waals surface area (Å²) in [4.78, 5) is 31.9. The normalized spacial score (nSPS) is 19.6. The summed E-state index contributed by atoms with van der Waals surface area (Å²) < 4.78 is 45.2. The lowest BCUT2D eigenvalue weighted by molar-refractivity contribution is -0.131. The molecule has 1 amide bonds. The van der Waals surface area contributed by atoms with Crippen LogP contribution in [0.15, 0.2) is 30.7 Å². The number of carbonyl (C=O) groups excluding carboxylic acids is 1. The van der Waals surface area contributed by atoms with Crippen LogP contribution in [0.5, 0.6) is 5.88 Å². The van der Waals surface area contributed by atoms with Crippen molar-refractivity contribution in [3.05, 3.63) is 58.9 Å². The molecule has 5 rings (SSSR count). The van der Waals surface area contributed by atoms with Crippen LogP contribution in [-0.4, -0.2) is 56.5 Å². The van der Waals surface area contributed by atoms with Gasteiger partial charge in [-0.3, -0.25) is 4.79 Å². The number of carbonyl (C=O) groups is 1. The Bertz CT molecular complexity index is 1340. The van der Waals surface area contributed by atoms with E-state index in [1.54, 1.807) is 11.8 Å². The smallest absolute Gasteiger partial charge is 0.266 e. The first-order chi connectivity index (χ1) is 17.7. The van der Waals surface area contributed by atoms with Gasteiger partial charge < -0.3 is 15.0 Å². The fraction of sp³-hybridized carbons (Fsp3) is 0.423. The fourth-order valence-corrected chi connectivity index (χ4v) is 5.10. The number of hydrogen-bond acceptors (Lipinski definition) is 7. The Hall–Kier alpha value is -3.76. The molecule has 0 aromatic carbocycles. The second kappa shape index (κ2) is 9.60. The van der Waals surface area contributed by atoms with Crippen LogP contribution < -0.4 is 10.1 Å². The zero-order valence-corrected chi connectivity index (χ0v) is 20.8. The molecule has 1 fully saturated rings. The van der Waals surface area contributed by atoms with Crippen LogP contribution in [0.25, 0.3) is 11.4 Å². The summed E-state index contributed by atoms with van der Waals surface area (Å²) in [6.45, 7) is 4.56. The molecule has 2 atom stereocenters. The van der Waals surface area contributed by atoms with Crippen molar-refractivity contribution in [3.63, 3.8) is 0 Å². The average Bonchev–Trinajstić information content (AvgIpc) is 3.30. The van der Waals surface area contributed by atoms with E-state index in [1.165, 1.54) is 13.2 Å². The number of alkyl halides is 2. The molecule has 0 bridgehead atoms. The van der Waals surface area contributed by atoms with Crippen molar-refractivity contribution in [1.29, 1.82) is 0 Å². The number of halogens is 3. The first-order valence-corrected chi connectivity index (χ1v) is 12.1. The molecular weight excluding hydrogens is 485 g/mol. The highest BCUT2D eigenvalue weighted by Crippen LogP contribution is 2.39. The van der Waals surface area contributed by atoms with E-state index in [0.29, 0.717) is 30.2 Å². The van der Waals surface area contributed by atoms with Crippen molar-refractivity contribution in [1.82, 2.24) is 24.8 Å². The van der Waals surface area contributed by atoms with E-state index in [4.69, 9.17) is 9.72 Å². The molecule has 3 aromatic rings. The maximum absolute atomic E-state index is 14.4. The highest BCUT2D eigenvalue weighted by molar-refractivity contribution is 5.84. The first kappa shape index (κ1) is 24.9. The topological polar surface area (TPSA) is 93.1 Å². The molecule has 8 nitrogen and oxygen atoms in total. The van der Waals surface area contributed by atoms with Crippen molar-refractivity contribution in [2.24, 2.45) is 0 Å². The van der Waals surface area contributed by atoms with Crippen molar-refractivity contribution < 1.29 is 22.7 Å². The van der Waals surface area contributed by atoms with Gasteiger partial charge in [0.15, 0.2) is 5.82 Å². The molecule has 0 aliphatic carbocycles. The Morgan fingerprint density at radius 2 is 1.92 bits per heavy atom. The first-order valence-electron chi connectivity index (χ1n) is 12.1. The van der Waals surface area contributed by atoms with Gasteiger partial charge in [0.2, 0.25) is 11.8 Å². The summed E-state index contributed by atoms with van der Waals surface area (Å²) in [5, 5.41) is 3.56. The van der Waals surface area contributed by atoms with Crippen molar-refractivity contribution in [2.45, 2.75) is 51.0 Å². The molecule has 5 heterocycles. The SMILES string of the molecule is COc1cc([C@@H](C)C(=O)N2CC[C@@]3(CCc4cc(-c5ncc(C(F)F)cn5)c(C)nc4N3)C2)c(F)cn1. The molecule has 37 heavy (non-hydrogen) atoms. The van der Waals surface area contributed by atoms with Crippen LogP contribution in [0.2, 0.25) is 0 Å². The summed E-state index contributed by atoms with van der Waals surface area (Å²) >= 11 is 0. The highest BCUT2D eigenvalue weighted by atomic mass is 19.3. The standard InChI is InChI=1S/C26H27F3N6O2/c1-14(18-9-21(37-3)30-12-20(18)27)25(36)35-7-6-26(13-35)5-4-16-8-19(15(2)33-23(16)34-26)24-31-10-17(11-32-24)22(28)29/h8-12,14,22H,4-7,13H2,1-3H3,(H,33,34)/t14-,26+/m1/s1. The van der Waals surface area contributed by atoms with Crippen LogP contribution in [0.4, 0.5) is 19.0 Å². The number of amides is 1. The van der Waals surface area contributed by atoms with Crippen LogP contribution in [0.1, 0.15) is 54.5 Å². The van der Waals surface area contributed by atoms with Crippen molar-refractivity contribution >= 4 is 11.7 Å². The van der Waals surface area contributed by atoms with E-state index in [2.05, 4.69) is 20.3 Å². The van der Waals surface area contributed by atoms with Crippen LogP contribution >= 0.6 is 0 Å². The van der Waals surface area contributed by atoms with Crippen molar-refractivity contribution in [2.75, 3.05) is 25.5 Å². The molecule has 0 unspecified atom stereocenters. The van der Waals surface area contributed by atoms with E-state index >= 15 is 0 Å². The summed E-state index contributed by atoms with van der Waals surface area (Å²) in [6, 6.07) is 3.42. The average molecular weight is 513 g/mol. The number of aryl methyl sites for hydroxylation is 2. The van der Waals surface area contributed by atoms with Crippen molar-refractivity contribution in [3.8, 4) is 17.3 Å². The quantitative estimate of drug-likeness (QED) is 0.540. The Kier molecular flexibility index (Phi) is 6.47. The number of aromatic nitrogens is 4. The molecule has 1 saturated heterocycles. The number of methoxy groups -OCH3 is 1.